The molecule has 3 rings (SSSR count). The van der Waals surface area contributed by atoms with Gasteiger partial charge in [-0.3, -0.25) is 9.59 Å². The van der Waals surface area contributed by atoms with E-state index >= 15 is 0 Å². The molecule has 0 radical (unpaired) electrons. The number of carbonyl (C=O) groups excluding carboxylic acids is 2. The number of hydrogen-bond acceptors (Lipinski definition) is 3. The number of amides is 2. The van der Waals surface area contributed by atoms with Crippen molar-refractivity contribution in [3.05, 3.63) is 70.8 Å². The Hall–Kier alpha value is -2.80. The van der Waals surface area contributed by atoms with E-state index in [9.17, 15) is 18.4 Å². The Morgan fingerprint density at radius 2 is 1.93 bits per heavy atom. The van der Waals surface area contributed by atoms with Gasteiger partial charge in [0.15, 0.2) is 0 Å². The SMILES string of the molecule is COCCN1C(=O)CC[C@@H](C(=O)NCc2ccc(F)cc2F)[C@H]1c1ccc(C)cc1. The minimum atomic E-state index is -0.703. The molecule has 0 unspecified atom stereocenters. The number of aryl methyl sites for hydroxylation is 1. The normalized spacial score (nSPS) is 19.1. The van der Waals surface area contributed by atoms with Gasteiger partial charge in [-0.2, -0.15) is 0 Å². The van der Waals surface area contributed by atoms with Crippen molar-refractivity contribution in [2.45, 2.75) is 32.4 Å². The Kier molecular flexibility index (Phi) is 7.15. The van der Waals surface area contributed by atoms with E-state index in [-0.39, 0.29) is 30.3 Å². The van der Waals surface area contributed by atoms with E-state index in [0.29, 0.717) is 19.6 Å². The second kappa shape index (κ2) is 9.80. The van der Waals surface area contributed by atoms with Crippen molar-refractivity contribution in [3.8, 4) is 0 Å². The summed E-state index contributed by atoms with van der Waals surface area (Å²) in [4.78, 5) is 27.4. The third-order valence-electron chi connectivity index (χ3n) is 5.47. The number of halogens is 2. The number of carbonyl (C=O) groups is 2. The van der Waals surface area contributed by atoms with Crippen LogP contribution in [0.3, 0.4) is 0 Å². The fourth-order valence-corrected chi connectivity index (χ4v) is 3.84. The van der Waals surface area contributed by atoms with Crippen LogP contribution in [-0.4, -0.2) is 37.0 Å². The molecule has 0 bridgehead atoms. The van der Waals surface area contributed by atoms with Gasteiger partial charge < -0.3 is 15.0 Å². The lowest BCUT2D eigenvalue weighted by Crippen LogP contribution is -2.49. The summed E-state index contributed by atoms with van der Waals surface area (Å²) in [6.45, 7) is 2.67. The molecular weight excluding hydrogens is 390 g/mol. The Morgan fingerprint density at radius 1 is 1.20 bits per heavy atom. The molecule has 0 aliphatic carbocycles. The standard InChI is InChI=1S/C23H26F2N2O3/c1-15-3-5-16(6-4-15)22-19(9-10-21(28)27(22)11-12-30-2)23(29)26-14-17-7-8-18(24)13-20(17)25/h3-8,13,19,22H,9-12,14H2,1-2H3,(H,26,29)/t19-,22-/m1/s1. The zero-order chi connectivity index (χ0) is 21.7. The average molecular weight is 416 g/mol. The number of methoxy groups -OCH3 is 1. The van der Waals surface area contributed by atoms with Gasteiger partial charge in [0.05, 0.1) is 18.6 Å². The maximum absolute atomic E-state index is 13.9. The van der Waals surface area contributed by atoms with Gasteiger partial charge in [0.1, 0.15) is 11.6 Å². The van der Waals surface area contributed by atoms with Crippen LogP contribution in [0.2, 0.25) is 0 Å². The maximum atomic E-state index is 13.9. The van der Waals surface area contributed by atoms with Crippen LogP contribution >= 0.6 is 0 Å². The molecule has 30 heavy (non-hydrogen) atoms. The molecule has 1 N–H and O–H groups in total. The molecule has 1 aliphatic heterocycles. The highest BCUT2D eigenvalue weighted by atomic mass is 19.1. The van der Waals surface area contributed by atoms with Gasteiger partial charge in [-0.25, -0.2) is 8.78 Å². The Labute approximate surface area is 175 Å². The van der Waals surface area contributed by atoms with Gasteiger partial charge in [-0.05, 0) is 25.0 Å². The predicted octanol–water partition coefficient (Wildman–Crippen LogP) is 3.52. The fourth-order valence-electron chi connectivity index (χ4n) is 3.84. The minimum Gasteiger partial charge on any atom is -0.383 e. The number of piperidine rings is 1. The summed E-state index contributed by atoms with van der Waals surface area (Å²) >= 11 is 0. The molecule has 2 aromatic rings. The first-order valence-electron chi connectivity index (χ1n) is 9.97. The van der Waals surface area contributed by atoms with Crippen molar-refractivity contribution in [1.82, 2.24) is 10.2 Å². The number of likely N-dealkylation sites (tertiary alicyclic amines) is 1. The number of nitrogens with one attached hydrogen (secondary N) is 1. The molecule has 1 fully saturated rings. The summed E-state index contributed by atoms with van der Waals surface area (Å²) in [5, 5.41) is 2.76. The third kappa shape index (κ3) is 5.02. The van der Waals surface area contributed by atoms with Crippen LogP contribution in [0.1, 0.15) is 35.6 Å². The van der Waals surface area contributed by atoms with Crippen LogP contribution in [-0.2, 0) is 20.9 Å². The summed E-state index contributed by atoms with van der Waals surface area (Å²) in [5.41, 5.74) is 2.16. The third-order valence-corrected chi connectivity index (χ3v) is 5.47. The second-order valence-electron chi connectivity index (χ2n) is 7.53. The highest BCUT2D eigenvalue weighted by Crippen LogP contribution is 2.37. The average Bonchev–Trinajstić information content (AvgIpc) is 2.72. The van der Waals surface area contributed by atoms with E-state index < -0.39 is 23.6 Å². The smallest absolute Gasteiger partial charge is 0.225 e. The molecule has 160 valence electrons. The molecule has 2 atom stereocenters. The highest BCUT2D eigenvalue weighted by Gasteiger charge is 2.40. The van der Waals surface area contributed by atoms with E-state index in [1.54, 1.807) is 12.0 Å². The van der Waals surface area contributed by atoms with Crippen LogP contribution < -0.4 is 5.32 Å². The van der Waals surface area contributed by atoms with E-state index in [2.05, 4.69) is 5.32 Å². The van der Waals surface area contributed by atoms with Crippen LogP contribution in [0, 0.1) is 24.5 Å². The van der Waals surface area contributed by atoms with Crippen LogP contribution in [0.5, 0.6) is 0 Å². The predicted molar refractivity (Wildman–Crippen MR) is 108 cm³/mol. The Balaban J connectivity index is 1.82. The topological polar surface area (TPSA) is 58.6 Å². The number of benzene rings is 2. The molecule has 0 aromatic heterocycles. The Morgan fingerprint density at radius 3 is 2.60 bits per heavy atom. The monoisotopic (exact) mass is 416 g/mol. The molecule has 1 saturated heterocycles. The largest absolute Gasteiger partial charge is 0.383 e. The van der Waals surface area contributed by atoms with Crippen molar-refractivity contribution in [3.63, 3.8) is 0 Å². The number of hydrogen-bond donors (Lipinski definition) is 1. The lowest BCUT2D eigenvalue weighted by molar-refractivity contribution is -0.144. The molecule has 2 aromatic carbocycles. The summed E-state index contributed by atoms with van der Waals surface area (Å²) in [5.74, 6) is -2.14. The van der Waals surface area contributed by atoms with Gasteiger partial charge in [-0.1, -0.05) is 35.9 Å². The summed E-state index contributed by atoms with van der Waals surface area (Å²) in [6.07, 6.45) is 0.660. The molecule has 0 saturated carbocycles. The van der Waals surface area contributed by atoms with Crippen molar-refractivity contribution < 1.29 is 23.1 Å². The molecular formula is C23H26F2N2O3. The summed E-state index contributed by atoms with van der Waals surface area (Å²) < 4.78 is 32.2. The summed E-state index contributed by atoms with van der Waals surface area (Å²) in [6, 6.07) is 10.6. The van der Waals surface area contributed by atoms with Crippen molar-refractivity contribution >= 4 is 11.8 Å². The first kappa shape index (κ1) is 21.9. The van der Waals surface area contributed by atoms with Crippen molar-refractivity contribution in [1.29, 1.82) is 0 Å². The zero-order valence-electron chi connectivity index (χ0n) is 17.2. The lowest BCUT2D eigenvalue weighted by Gasteiger charge is -2.40. The number of rotatable bonds is 7. The van der Waals surface area contributed by atoms with Crippen LogP contribution in [0.15, 0.2) is 42.5 Å². The number of ether oxygens (including phenoxy) is 1. The van der Waals surface area contributed by atoms with Crippen LogP contribution in [0.25, 0.3) is 0 Å². The maximum Gasteiger partial charge on any atom is 0.225 e. The summed E-state index contributed by atoms with van der Waals surface area (Å²) in [7, 11) is 1.57. The van der Waals surface area contributed by atoms with Gasteiger partial charge in [0.2, 0.25) is 11.8 Å². The van der Waals surface area contributed by atoms with Crippen molar-refractivity contribution in [2.75, 3.05) is 20.3 Å². The Bertz CT molecular complexity index is 902. The molecule has 1 heterocycles. The van der Waals surface area contributed by atoms with Gasteiger partial charge in [-0.15, -0.1) is 0 Å². The first-order chi connectivity index (χ1) is 14.4. The molecule has 7 heteroatoms. The van der Waals surface area contributed by atoms with Crippen LogP contribution in [0.4, 0.5) is 8.78 Å². The van der Waals surface area contributed by atoms with E-state index in [1.165, 1.54) is 6.07 Å². The van der Waals surface area contributed by atoms with E-state index in [4.69, 9.17) is 4.74 Å². The zero-order valence-corrected chi connectivity index (χ0v) is 17.2. The molecule has 5 nitrogen and oxygen atoms in total. The number of nitrogens with zero attached hydrogens (tertiary/aromatic N) is 1. The van der Waals surface area contributed by atoms with Gasteiger partial charge in [0, 0.05) is 38.2 Å². The second-order valence-corrected chi connectivity index (χ2v) is 7.53. The van der Waals surface area contributed by atoms with Gasteiger partial charge >= 0.3 is 0 Å². The lowest BCUT2D eigenvalue weighted by atomic mass is 9.83. The fraction of sp³-hybridized carbons (Fsp3) is 0.391. The first-order valence-corrected chi connectivity index (χ1v) is 9.97. The molecule has 1 aliphatic rings. The highest BCUT2D eigenvalue weighted by molar-refractivity contribution is 5.85. The minimum absolute atomic E-state index is 0.0220. The quantitative estimate of drug-likeness (QED) is 0.752. The van der Waals surface area contributed by atoms with Gasteiger partial charge in [0.25, 0.3) is 0 Å². The van der Waals surface area contributed by atoms with Crippen molar-refractivity contribution in [2.24, 2.45) is 5.92 Å². The molecule has 0 spiro atoms. The molecule has 2 amide bonds. The van der Waals surface area contributed by atoms with E-state index in [0.717, 1.165) is 23.3 Å². The van der Waals surface area contributed by atoms with E-state index in [1.807, 2.05) is 31.2 Å².